The number of halogens is 1. The molecule has 2 unspecified atom stereocenters. The normalized spacial score (nSPS) is 38.6. The summed E-state index contributed by atoms with van der Waals surface area (Å²) in [5.74, 6) is 0.631. The zero-order valence-electron chi connectivity index (χ0n) is 20.6. The van der Waals surface area contributed by atoms with Gasteiger partial charge in [0.05, 0.1) is 34.2 Å². The molecule has 8 heteroatoms. The van der Waals surface area contributed by atoms with E-state index in [0.29, 0.717) is 36.1 Å². The molecular weight excluding hydrogens is 583 g/mol. The lowest BCUT2D eigenvalue weighted by molar-refractivity contribution is -0.124. The Morgan fingerprint density at radius 1 is 1.08 bits per heavy atom. The molecule has 3 aliphatic carbocycles. The van der Waals surface area contributed by atoms with Gasteiger partial charge in [0, 0.05) is 22.6 Å². The van der Waals surface area contributed by atoms with Crippen molar-refractivity contribution >= 4 is 34.4 Å². The Hall–Kier alpha value is -2.17. The number of hydrogen-bond donors (Lipinski definition) is 2. The van der Waals surface area contributed by atoms with Crippen molar-refractivity contribution in [2.75, 3.05) is 6.54 Å². The molecule has 0 radical (unpaired) electrons. The van der Waals surface area contributed by atoms with Crippen molar-refractivity contribution in [2.24, 2.45) is 5.92 Å². The van der Waals surface area contributed by atoms with Crippen LogP contribution in [0.3, 0.4) is 0 Å². The molecule has 6 aliphatic rings. The molecule has 8 rings (SSSR count). The molecule has 2 aromatic rings. The number of rotatable bonds is 4. The lowest BCUT2D eigenvalue weighted by Gasteiger charge is -2.53. The minimum atomic E-state index is -1.04. The van der Waals surface area contributed by atoms with E-state index in [9.17, 15) is 19.8 Å². The molecular formula is C29H29IN2O5. The summed E-state index contributed by atoms with van der Waals surface area (Å²) in [6.07, 6.45) is 3.60. The lowest BCUT2D eigenvalue weighted by Crippen LogP contribution is -2.68. The SMILES string of the molecule is Cc1ccc(O)c2c1[C@]13CC4[C@@H](N4CC4CC4)[C@]1(O)CC[C@@H](N1C(=O)c4ccc(CI)cc4C1=O)[C@@H]3O2. The van der Waals surface area contributed by atoms with Crippen molar-refractivity contribution in [3.63, 3.8) is 0 Å². The molecule has 37 heavy (non-hydrogen) atoms. The van der Waals surface area contributed by atoms with Gasteiger partial charge in [-0.1, -0.05) is 34.7 Å². The fourth-order valence-corrected chi connectivity index (χ4v) is 8.89. The van der Waals surface area contributed by atoms with Gasteiger partial charge in [0.15, 0.2) is 11.5 Å². The molecule has 192 valence electrons. The van der Waals surface area contributed by atoms with Gasteiger partial charge in [0.1, 0.15) is 6.10 Å². The maximum absolute atomic E-state index is 13.7. The van der Waals surface area contributed by atoms with E-state index in [2.05, 4.69) is 27.5 Å². The van der Waals surface area contributed by atoms with Crippen LogP contribution in [0.25, 0.3) is 0 Å². The van der Waals surface area contributed by atoms with Crippen molar-refractivity contribution in [1.82, 2.24) is 9.80 Å². The van der Waals surface area contributed by atoms with E-state index in [1.54, 1.807) is 12.1 Å². The number of ether oxygens (including phenoxy) is 1. The fourth-order valence-electron chi connectivity index (χ4n) is 8.42. The summed E-state index contributed by atoms with van der Waals surface area (Å²) in [6.45, 7) is 3.04. The molecule has 1 spiro atoms. The Morgan fingerprint density at radius 2 is 1.86 bits per heavy atom. The van der Waals surface area contributed by atoms with Gasteiger partial charge in [-0.15, -0.1) is 0 Å². The first-order valence-corrected chi connectivity index (χ1v) is 14.9. The first-order valence-electron chi connectivity index (χ1n) is 13.3. The molecule has 2 aromatic carbocycles. The highest BCUT2D eigenvalue weighted by Gasteiger charge is 2.81. The molecule has 3 heterocycles. The number of amides is 2. The Kier molecular flexibility index (Phi) is 4.47. The van der Waals surface area contributed by atoms with E-state index in [1.165, 1.54) is 17.7 Å². The highest BCUT2D eigenvalue weighted by Crippen LogP contribution is 2.70. The van der Waals surface area contributed by atoms with Gasteiger partial charge in [0.2, 0.25) is 0 Å². The topological polar surface area (TPSA) is 90.1 Å². The van der Waals surface area contributed by atoms with Crippen LogP contribution in [0.4, 0.5) is 0 Å². The van der Waals surface area contributed by atoms with Gasteiger partial charge in [-0.2, -0.15) is 0 Å². The van der Waals surface area contributed by atoms with E-state index in [-0.39, 0.29) is 29.6 Å². The molecule has 2 amide bonds. The maximum atomic E-state index is 13.7. The van der Waals surface area contributed by atoms with Crippen LogP contribution in [0.2, 0.25) is 0 Å². The number of aryl methyl sites for hydroxylation is 1. The number of aromatic hydroxyl groups is 1. The van der Waals surface area contributed by atoms with Crippen LogP contribution >= 0.6 is 22.6 Å². The summed E-state index contributed by atoms with van der Waals surface area (Å²) in [4.78, 5) is 31.2. The number of carbonyl (C=O) groups excluding carboxylic acids is 2. The summed E-state index contributed by atoms with van der Waals surface area (Å²) in [7, 11) is 0. The first kappa shape index (κ1) is 22.8. The number of benzene rings is 2. The number of nitrogens with zero attached hydrogens (tertiary/aromatic N) is 2. The van der Waals surface area contributed by atoms with Crippen molar-refractivity contribution < 1.29 is 24.5 Å². The average molecular weight is 612 g/mol. The Bertz CT molecular complexity index is 1410. The van der Waals surface area contributed by atoms with E-state index in [4.69, 9.17) is 4.74 Å². The summed E-state index contributed by atoms with van der Waals surface area (Å²) in [5, 5.41) is 23.4. The number of alkyl halides is 1. The van der Waals surface area contributed by atoms with E-state index in [1.807, 2.05) is 25.1 Å². The fraction of sp³-hybridized carbons (Fsp3) is 0.517. The van der Waals surface area contributed by atoms with Crippen molar-refractivity contribution in [2.45, 2.75) is 78.7 Å². The first-order chi connectivity index (χ1) is 17.8. The van der Waals surface area contributed by atoms with Gasteiger partial charge >= 0.3 is 0 Å². The van der Waals surface area contributed by atoms with Crippen LogP contribution in [-0.2, 0) is 9.84 Å². The van der Waals surface area contributed by atoms with Gasteiger partial charge in [0.25, 0.3) is 11.8 Å². The second-order valence-electron chi connectivity index (χ2n) is 12.0. The van der Waals surface area contributed by atoms with Gasteiger partial charge in [-0.3, -0.25) is 19.4 Å². The number of carbonyl (C=O) groups is 2. The molecule has 7 atom stereocenters. The largest absolute Gasteiger partial charge is 0.504 e. The van der Waals surface area contributed by atoms with Crippen LogP contribution in [-0.4, -0.2) is 68.2 Å². The number of likely N-dealkylation sites (tertiary alicyclic amines) is 1. The summed E-state index contributed by atoms with van der Waals surface area (Å²) < 4.78 is 7.34. The summed E-state index contributed by atoms with van der Waals surface area (Å²) >= 11 is 2.26. The van der Waals surface area contributed by atoms with Crippen LogP contribution in [0.1, 0.15) is 69.5 Å². The van der Waals surface area contributed by atoms with Crippen molar-refractivity contribution in [1.29, 1.82) is 0 Å². The van der Waals surface area contributed by atoms with Crippen LogP contribution in [0.5, 0.6) is 11.5 Å². The quantitative estimate of drug-likeness (QED) is 0.237. The van der Waals surface area contributed by atoms with Crippen molar-refractivity contribution in [3.8, 4) is 11.5 Å². The Morgan fingerprint density at radius 3 is 2.62 bits per heavy atom. The van der Waals surface area contributed by atoms with Crippen LogP contribution < -0.4 is 4.74 Å². The number of phenols is 1. The standard InChI is InChI=1S/C29H29IN2O5/c1-14-2-7-21(33)23-22(14)28-11-20-24(31(20)13-15-3-4-15)29(28,36)9-8-19(25(28)37-23)32-26(34)17-6-5-16(12-30)10-18(17)27(32)35/h2,5-7,10,15,19-20,24-25,33,36H,3-4,8-9,11-13H2,1H3/t19-,20?,24-,25+,28+,29-,31?/m1/s1. The lowest BCUT2D eigenvalue weighted by atomic mass is 9.57. The summed E-state index contributed by atoms with van der Waals surface area (Å²) in [6, 6.07) is 8.83. The molecule has 1 saturated heterocycles. The second-order valence-corrected chi connectivity index (χ2v) is 12.8. The molecule has 3 saturated carbocycles. The third-order valence-electron chi connectivity index (χ3n) is 10.2. The van der Waals surface area contributed by atoms with Gasteiger partial charge in [-0.25, -0.2) is 0 Å². The monoisotopic (exact) mass is 612 g/mol. The number of fused-ring (bicyclic) bond motifs is 4. The third-order valence-corrected chi connectivity index (χ3v) is 11.1. The number of phenolic OH excluding ortho intramolecular Hbond substituents is 1. The molecule has 0 aromatic heterocycles. The Labute approximate surface area is 228 Å². The minimum absolute atomic E-state index is 0.0509. The molecule has 2 N–H and O–H groups in total. The zero-order chi connectivity index (χ0) is 25.4. The molecule has 4 fully saturated rings. The van der Waals surface area contributed by atoms with E-state index in [0.717, 1.165) is 33.6 Å². The smallest absolute Gasteiger partial charge is 0.261 e. The number of hydrogen-bond acceptors (Lipinski definition) is 6. The highest BCUT2D eigenvalue weighted by molar-refractivity contribution is 14.1. The highest BCUT2D eigenvalue weighted by atomic mass is 127. The van der Waals surface area contributed by atoms with Gasteiger partial charge < -0.3 is 14.9 Å². The van der Waals surface area contributed by atoms with Crippen molar-refractivity contribution in [3.05, 3.63) is 58.1 Å². The van der Waals surface area contributed by atoms with Crippen LogP contribution in [0.15, 0.2) is 30.3 Å². The number of imide groups is 1. The number of piperidine rings is 1. The third kappa shape index (κ3) is 2.69. The predicted octanol–water partition coefficient (Wildman–Crippen LogP) is 3.69. The molecule has 7 nitrogen and oxygen atoms in total. The Balaban J connectivity index is 1.24. The zero-order valence-corrected chi connectivity index (χ0v) is 22.8. The average Bonchev–Trinajstić information content (AvgIpc) is 3.75. The van der Waals surface area contributed by atoms with E-state index >= 15 is 0 Å². The predicted molar refractivity (Wildman–Crippen MR) is 143 cm³/mol. The van der Waals surface area contributed by atoms with Gasteiger partial charge in [-0.05, 0) is 74.3 Å². The number of aliphatic hydroxyl groups is 1. The van der Waals surface area contributed by atoms with Crippen LogP contribution in [0, 0.1) is 12.8 Å². The van der Waals surface area contributed by atoms with E-state index < -0.39 is 23.2 Å². The summed E-state index contributed by atoms with van der Waals surface area (Å²) in [5.41, 5.74) is 1.93. The minimum Gasteiger partial charge on any atom is -0.504 e. The maximum Gasteiger partial charge on any atom is 0.261 e. The molecule has 3 aliphatic heterocycles. The second kappa shape index (κ2) is 7.27. The molecule has 0 bridgehead atoms.